The lowest BCUT2D eigenvalue weighted by atomic mass is 9.96. The molecule has 1 unspecified atom stereocenters. The second-order valence-corrected chi connectivity index (χ2v) is 36.3. The molecule has 540 valence electrons. The minimum absolute atomic E-state index is 0.177. The normalized spacial score (nSPS) is 23.3. The SMILES string of the molecule is CC(C)(C)N1CCC(N2CCCCC2)CC1.CC(C)(C)N1CCNCC1.CC(C)(C)NC1CCNC1.CC(C)(C)NC1CCNCC1.CC(C)(C)n1ccnc1.CN1CCC(NC(C)(C)C)CC1.CN1CCCN(C(C)(C)C)CC1.CN1CCN(C(C)(C)C)CC1. The van der Waals surface area contributed by atoms with Gasteiger partial charge in [0.2, 0.25) is 0 Å². The highest BCUT2D eigenvalue weighted by atomic mass is 15.3. The fraction of sp³-hybridized carbons (Fsp3) is 0.960. The van der Waals surface area contributed by atoms with Crippen molar-refractivity contribution in [3.8, 4) is 0 Å². The van der Waals surface area contributed by atoms with Crippen molar-refractivity contribution in [3.05, 3.63) is 18.7 Å². The number of hydrogen-bond donors (Lipinski definition) is 6. The number of rotatable bonds is 4. The number of aromatic nitrogens is 2. The van der Waals surface area contributed by atoms with E-state index in [1.807, 2.05) is 12.5 Å². The molecule has 9 heterocycles. The first kappa shape index (κ1) is 85.7. The predicted octanol–water partition coefficient (Wildman–Crippen LogP) is 10.8. The fourth-order valence-electron chi connectivity index (χ4n) is 13.1. The van der Waals surface area contributed by atoms with Gasteiger partial charge in [0, 0.05) is 166 Å². The Kier molecular flexibility index (Phi) is 38.8. The maximum absolute atomic E-state index is 3.95. The topological polar surface area (TPSA) is 116 Å². The van der Waals surface area contributed by atoms with Crippen LogP contribution in [0.15, 0.2) is 18.7 Å². The van der Waals surface area contributed by atoms with Gasteiger partial charge in [-0.2, -0.15) is 0 Å². The molecule has 8 aliphatic rings. The molecule has 9 rings (SSSR count). The minimum Gasteiger partial charge on any atom is -0.332 e. The van der Waals surface area contributed by atoms with Crippen LogP contribution in [0.2, 0.25) is 0 Å². The molecule has 16 nitrogen and oxygen atoms in total. The summed E-state index contributed by atoms with van der Waals surface area (Å²) < 4.78 is 2.08. The van der Waals surface area contributed by atoms with Gasteiger partial charge in [0.1, 0.15) is 0 Å². The third-order valence-electron chi connectivity index (χ3n) is 18.8. The van der Waals surface area contributed by atoms with E-state index < -0.39 is 0 Å². The minimum atomic E-state index is 0.177. The average molecular weight is 1290 g/mol. The van der Waals surface area contributed by atoms with E-state index in [1.165, 1.54) is 195 Å². The second kappa shape index (κ2) is 41.1. The van der Waals surface area contributed by atoms with Crippen LogP contribution in [0.4, 0.5) is 0 Å². The van der Waals surface area contributed by atoms with Crippen LogP contribution in [0.1, 0.15) is 237 Å². The van der Waals surface area contributed by atoms with Crippen molar-refractivity contribution in [3.63, 3.8) is 0 Å². The molecule has 0 aromatic carbocycles. The number of piperazine rings is 2. The zero-order valence-corrected chi connectivity index (χ0v) is 65.8. The lowest BCUT2D eigenvalue weighted by Crippen LogP contribution is -2.52. The van der Waals surface area contributed by atoms with Gasteiger partial charge in [0.25, 0.3) is 0 Å². The van der Waals surface area contributed by atoms with Crippen LogP contribution in [0, 0.1) is 0 Å². The smallest absolute Gasteiger partial charge is 0.0950 e. The van der Waals surface area contributed by atoms with E-state index in [0.29, 0.717) is 28.2 Å². The third kappa shape index (κ3) is 41.5. The Hall–Kier alpha value is -1.35. The largest absolute Gasteiger partial charge is 0.332 e. The first-order chi connectivity index (χ1) is 41.9. The number of nitrogens with one attached hydrogen (secondary N) is 6. The van der Waals surface area contributed by atoms with Gasteiger partial charge >= 0.3 is 0 Å². The van der Waals surface area contributed by atoms with E-state index >= 15 is 0 Å². The summed E-state index contributed by atoms with van der Waals surface area (Å²) >= 11 is 0. The molecule has 8 aliphatic heterocycles. The first-order valence-electron chi connectivity index (χ1n) is 37.1. The summed E-state index contributed by atoms with van der Waals surface area (Å²) in [7, 11) is 6.61. The van der Waals surface area contributed by atoms with E-state index in [1.54, 1.807) is 6.20 Å². The van der Waals surface area contributed by atoms with Gasteiger partial charge in [-0.15, -0.1) is 0 Å². The van der Waals surface area contributed by atoms with Gasteiger partial charge in [0.15, 0.2) is 0 Å². The maximum atomic E-state index is 3.95. The summed E-state index contributed by atoms with van der Waals surface area (Å²) in [5, 5.41) is 20.9. The molecule has 1 aromatic heterocycles. The summed E-state index contributed by atoms with van der Waals surface area (Å²) in [6.07, 6.45) is 20.4. The Morgan fingerprint density at radius 2 is 0.703 bits per heavy atom. The molecule has 8 saturated heterocycles. The summed E-state index contributed by atoms with van der Waals surface area (Å²) in [5.74, 6) is 0. The predicted molar refractivity (Wildman–Crippen MR) is 400 cm³/mol. The molecule has 0 spiro atoms. The van der Waals surface area contributed by atoms with Crippen LogP contribution in [-0.2, 0) is 5.54 Å². The lowest BCUT2D eigenvalue weighted by molar-refractivity contribution is 0.0490. The van der Waals surface area contributed by atoms with Crippen molar-refractivity contribution in [1.29, 1.82) is 0 Å². The molecule has 0 aliphatic carbocycles. The molecule has 91 heavy (non-hydrogen) atoms. The van der Waals surface area contributed by atoms with E-state index in [0.717, 1.165) is 37.8 Å². The van der Waals surface area contributed by atoms with Crippen LogP contribution in [0.5, 0.6) is 0 Å². The fourth-order valence-corrected chi connectivity index (χ4v) is 13.1. The molecule has 0 bridgehead atoms. The van der Waals surface area contributed by atoms with Gasteiger partial charge in [-0.1, -0.05) is 6.42 Å². The first-order valence-corrected chi connectivity index (χ1v) is 37.1. The highest BCUT2D eigenvalue weighted by Gasteiger charge is 2.31. The van der Waals surface area contributed by atoms with Gasteiger partial charge < -0.3 is 56.1 Å². The third-order valence-corrected chi connectivity index (χ3v) is 18.8. The van der Waals surface area contributed by atoms with E-state index in [9.17, 15) is 0 Å². The molecule has 0 radical (unpaired) electrons. The quantitative estimate of drug-likeness (QED) is 0.172. The number of imidazole rings is 1. The molecule has 1 aromatic rings. The molecule has 6 N–H and O–H groups in total. The molecular formula is C75H160N16. The highest BCUT2D eigenvalue weighted by molar-refractivity contribution is 4.89. The second-order valence-electron chi connectivity index (χ2n) is 36.3. The number of likely N-dealkylation sites (tertiary alicyclic amines) is 3. The van der Waals surface area contributed by atoms with Crippen molar-refractivity contribution in [1.82, 2.24) is 80.7 Å². The molecule has 1 atom stereocenters. The average Bonchev–Trinajstić information content (AvgIpc) is 2.03. The van der Waals surface area contributed by atoms with Crippen molar-refractivity contribution in [2.75, 3.05) is 165 Å². The van der Waals surface area contributed by atoms with Crippen molar-refractivity contribution < 1.29 is 0 Å². The van der Waals surface area contributed by atoms with Crippen LogP contribution in [0.3, 0.4) is 0 Å². The summed E-state index contributed by atoms with van der Waals surface area (Å²) in [5.41, 5.74) is 2.46. The van der Waals surface area contributed by atoms with Crippen LogP contribution in [-0.4, -0.2) is 277 Å². The zero-order valence-electron chi connectivity index (χ0n) is 65.8. The number of likely N-dealkylation sites (N-methyl/N-ethyl adjacent to an activating group) is 2. The van der Waals surface area contributed by atoms with Crippen LogP contribution in [0.25, 0.3) is 0 Å². The van der Waals surface area contributed by atoms with E-state index in [-0.39, 0.29) is 22.2 Å². The zero-order chi connectivity index (χ0) is 68.9. The summed E-state index contributed by atoms with van der Waals surface area (Å²) in [4.78, 5) is 24.2. The van der Waals surface area contributed by atoms with Crippen molar-refractivity contribution in [2.24, 2.45) is 0 Å². The Labute approximate surface area is 567 Å². The summed E-state index contributed by atoms with van der Waals surface area (Å²) in [6, 6.07) is 3.05. The van der Waals surface area contributed by atoms with E-state index in [4.69, 9.17) is 0 Å². The highest BCUT2D eigenvalue weighted by Crippen LogP contribution is 2.26. The molecule has 8 fully saturated rings. The Bertz CT molecular complexity index is 1890. The molecular weight excluding hydrogens is 1120 g/mol. The number of hydrogen-bond acceptors (Lipinski definition) is 15. The monoisotopic (exact) mass is 1290 g/mol. The van der Waals surface area contributed by atoms with Gasteiger partial charge in [-0.05, 0) is 310 Å². The van der Waals surface area contributed by atoms with Crippen LogP contribution < -0.4 is 31.9 Å². The number of nitrogens with zero attached hydrogens (tertiary/aromatic N) is 10. The summed E-state index contributed by atoms with van der Waals surface area (Å²) in [6.45, 7) is 81.1. The molecule has 16 heteroatoms. The van der Waals surface area contributed by atoms with E-state index in [2.05, 4.69) is 268 Å². The van der Waals surface area contributed by atoms with Crippen LogP contribution >= 0.6 is 0 Å². The number of piperidine rings is 4. The van der Waals surface area contributed by atoms with Crippen molar-refractivity contribution >= 4 is 0 Å². The lowest BCUT2D eigenvalue weighted by Gasteiger charge is -2.44. The van der Waals surface area contributed by atoms with Gasteiger partial charge in [-0.25, -0.2) is 4.98 Å². The Morgan fingerprint density at radius 3 is 1.09 bits per heavy atom. The standard InChI is InChI=1S/C14H28N2.2C10H22N2.2C9H20N2.2C8H18N2.C7H12N2/c1-14(2,3)16-11-7-13(8-12-16)15-9-5-4-6-10-15;1-10(2,3)11-9-5-7-12(4)8-6-9;1-10(2,3)12-7-5-6-11(4)8-9-12;1-9(2,3)11-7-5-10(4)6-8-11;1-9(2,3)11-8-4-6-10-7-5-8;1-8(2,3)10-6-4-9-5-7-10;1-8(2,3)10-7-4-5-9-6-7;1-7(2,3)9-5-4-8-6-9/h13H,4-12H2,1-3H3;9,11H,5-8H2,1-4H3;5-9H2,1-4H3;5-8H2,1-4H3;8,10-11H,4-7H2,1-3H3;9H,4-7H2,1-3H3;7,9-10H,4-6H2,1-3H3;4-6H,1-3H3. The molecule has 0 amide bonds. The van der Waals surface area contributed by atoms with Crippen molar-refractivity contribution in [2.45, 2.75) is 305 Å². The Morgan fingerprint density at radius 1 is 0.330 bits per heavy atom. The van der Waals surface area contributed by atoms with Gasteiger partial charge in [0.05, 0.1) is 6.33 Å². The maximum Gasteiger partial charge on any atom is 0.0950 e. The molecule has 0 saturated carbocycles. The van der Waals surface area contributed by atoms with Gasteiger partial charge in [-0.3, -0.25) is 19.6 Å². The Balaban J connectivity index is 0.000000356.